The molecule has 1 rings (SSSR count). The molecule has 6 heteroatoms. The number of hydrogen-bond donors (Lipinski definition) is 3. The van der Waals surface area contributed by atoms with E-state index in [2.05, 4.69) is 48.6 Å². The third kappa shape index (κ3) is 10.2. The van der Waals surface area contributed by atoms with Crippen LogP contribution in [0.3, 0.4) is 0 Å². The smallest absolute Gasteiger partial charge is 0.191 e. The van der Waals surface area contributed by atoms with Gasteiger partial charge in [0.1, 0.15) is 0 Å². The predicted octanol–water partition coefficient (Wildman–Crippen LogP) is 3.40. The fourth-order valence-corrected chi connectivity index (χ4v) is 1.98. The second-order valence-electron chi connectivity index (χ2n) is 5.93. The summed E-state index contributed by atoms with van der Waals surface area (Å²) >= 11 is 5.98. The Bertz CT molecular complexity index is 458. The summed E-state index contributed by atoms with van der Waals surface area (Å²) in [7, 11) is 0. The van der Waals surface area contributed by atoms with Crippen molar-refractivity contribution in [1.82, 2.24) is 16.0 Å². The molecule has 126 valence electrons. The van der Waals surface area contributed by atoms with Crippen LogP contribution in [0.4, 0.5) is 0 Å². The molecule has 4 nitrogen and oxygen atoms in total. The largest absolute Gasteiger partial charge is 0.357 e. The Kier molecular flexibility index (Phi) is 10.8. The summed E-state index contributed by atoms with van der Waals surface area (Å²) in [6, 6.07) is 7.78. The lowest BCUT2D eigenvalue weighted by Gasteiger charge is -2.21. The Balaban J connectivity index is 0.00000441. The molecule has 0 aliphatic carbocycles. The second-order valence-corrected chi connectivity index (χ2v) is 6.37. The minimum absolute atomic E-state index is 0. The van der Waals surface area contributed by atoms with Crippen molar-refractivity contribution in [3.8, 4) is 0 Å². The normalized spacial score (nSPS) is 11.8. The van der Waals surface area contributed by atoms with Crippen LogP contribution in [0.5, 0.6) is 0 Å². The van der Waals surface area contributed by atoms with Crippen LogP contribution in [0.15, 0.2) is 29.3 Å². The van der Waals surface area contributed by atoms with Crippen LogP contribution in [0.1, 0.15) is 33.3 Å². The molecule has 0 aliphatic rings. The number of guanidine groups is 1. The Labute approximate surface area is 156 Å². The maximum Gasteiger partial charge on any atom is 0.191 e. The SMILES string of the molecule is CCNC(=NCc1cccc(Cl)c1)NCCNC(C)(C)C.I. The molecular weight excluding hydrogens is 411 g/mol. The van der Waals surface area contributed by atoms with Gasteiger partial charge in [-0.15, -0.1) is 24.0 Å². The van der Waals surface area contributed by atoms with Crippen molar-refractivity contribution in [3.05, 3.63) is 34.9 Å². The molecule has 1 aromatic rings. The van der Waals surface area contributed by atoms with Crippen LogP contribution in [0.2, 0.25) is 5.02 Å². The number of aliphatic imine (C=N–C) groups is 1. The molecule has 3 N–H and O–H groups in total. The lowest BCUT2D eigenvalue weighted by Crippen LogP contribution is -2.44. The van der Waals surface area contributed by atoms with Gasteiger partial charge in [0, 0.05) is 30.2 Å². The van der Waals surface area contributed by atoms with E-state index in [0.717, 1.165) is 36.2 Å². The van der Waals surface area contributed by atoms with E-state index >= 15 is 0 Å². The van der Waals surface area contributed by atoms with Crippen LogP contribution < -0.4 is 16.0 Å². The van der Waals surface area contributed by atoms with Crippen LogP contribution in [0.25, 0.3) is 0 Å². The highest BCUT2D eigenvalue weighted by molar-refractivity contribution is 14.0. The van der Waals surface area contributed by atoms with Crippen molar-refractivity contribution in [2.75, 3.05) is 19.6 Å². The zero-order chi connectivity index (χ0) is 15.7. The van der Waals surface area contributed by atoms with Gasteiger partial charge in [-0.05, 0) is 45.4 Å². The Hall–Kier alpha value is -0.530. The van der Waals surface area contributed by atoms with Gasteiger partial charge < -0.3 is 16.0 Å². The summed E-state index contributed by atoms with van der Waals surface area (Å²) in [5, 5.41) is 10.7. The zero-order valence-corrected chi connectivity index (χ0v) is 17.0. The summed E-state index contributed by atoms with van der Waals surface area (Å²) in [6.45, 7) is 11.7. The minimum Gasteiger partial charge on any atom is -0.357 e. The summed E-state index contributed by atoms with van der Waals surface area (Å²) in [5.74, 6) is 0.827. The van der Waals surface area contributed by atoms with Gasteiger partial charge in [-0.2, -0.15) is 0 Å². The molecule has 0 aromatic heterocycles. The molecule has 0 fully saturated rings. The van der Waals surface area contributed by atoms with Gasteiger partial charge in [0.05, 0.1) is 6.54 Å². The van der Waals surface area contributed by atoms with Gasteiger partial charge >= 0.3 is 0 Å². The number of nitrogens with one attached hydrogen (secondary N) is 3. The van der Waals surface area contributed by atoms with Gasteiger partial charge in [0.25, 0.3) is 0 Å². The van der Waals surface area contributed by atoms with Crippen LogP contribution in [-0.4, -0.2) is 31.1 Å². The molecule has 0 radical (unpaired) electrons. The second kappa shape index (κ2) is 11.1. The van der Waals surface area contributed by atoms with E-state index < -0.39 is 0 Å². The minimum atomic E-state index is 0. The van der Waals surface area contributed by atoms with E-state index in [1.54, 1.807) is 0 Å². The highest BCUT2D eigenvalue weighted by Crippen LogP contribution is 2.11. The molecule has 0 atom stereocenters. The molecular formula is C16H28ClIN4. The molecule has 0 aliphatic heterocycles. The summed E-state index contributed by atoms with van der Waals surface area (Å²) in [6.07, 6.45) is 0. The lowest BCUT2D eigenvalue weighted by molar-refractivity contribution is 0.428. The number of nitrogens with zero attached hydrogens (tertiary/aromatic N) is 1. The van der Waals surface area contributed by atoms with Crippen molar-refractivity contribution in [1.29, 1.82) is 0 Å². The molecule has 0 amide bonds. The van der Waals surface area contributed by atoms with Gasteiger partial charge in [-0.25, -0.2) is 4.99 Å². The topological polar surface area (TPSA) is 48.5 Å². The maximum absolute atomic E-state index is 5.98. The molecule has 0 bridgehead atoms. The number of rotatable bonds is 6. The Morgan fingerprint density at radius 2 is 1.91 bits per heavy atom. The van der Waals surface area contributed by atoms with E-state index in [9.17, 15) is 0 Å². The van der Waals surface area contributed by atoms with Crippen LogP contribution in [-0.2, 0) is 6.54 Å². The third-order valence-corrected chi connectivity index (χ3v) is 2.96. The van der Waals surface area contributed by atoms with Crippen molar-refractivity contribution in [2.24, 2.45) is 4.99 Å². The fourth-order valence-electron chi connectivity index (χ4n) is 1.77. The quantitative estimate of drug-likeness (QED) is 0.276. The van der Waals surface area contributed by atoms with Gasteiger partial charge in [-0.1, -0.05) is 23.7 Å². The first-order valence-corrected chi connectivity index (χ1v) is 7.80. The Morgan fingerprint density at radius 1 is 1.18 bits per heavy atom. The van der Waals surface area contributed by atoms with Gasteiger partial charge in [0.2, 0.25) is 0 Å². The average molecular weight is 439 g/mol. The molecule has 0 saturated heterocycles. The number of hydrogen-bond acceptors (Lipinski definition) is 2. The first-order valence-electron chi connectivity index (χ1n) is 7.42. The molecule has 0 spiro atoms. The fraction of sp³-hybridized carbons (Fsp3) is 0.562. The van der Waals surface area contributed by atoms with Gasteiger partial charge in [0.15, 0.2) is 5.96 Å². The Morgan fingerprint density at radius 3 is 2.50 bits per heavy atom. The predicted molar refractivity (Wildman–Crippen MR) is 107 cm³/mol. The monoisotopic (exact) mass is 438 g/mol. The first kappa shape index (κ1) is 21.5. The van der Waals surface area contributed by atoms with E-state index in [-0.39, 0.29) is 29.5 Å². The number of benzene rings is 1. The van der Waals surface area contributed by atoms with E-state index in [0.29, 0.717) is 6.54 Å². The molecule has 22 heavy (non-hydrogen) atoms. The van der Waals surface area contributed by atoms with Crippen molar-refractivity contribution in [3.63, 3.8) is 0 Å². The molecule has 1 aromatic carbocycles. The zero-order valence-electron chi connectivity index (χ0n) is 13.9. The molecule has 0 unspecified atom stereocenters. The van der Waals surface area contributed by atoms with Crippen molar-refractivity contribution >= 4 is 41.5 Å². The highest BCUT2D eigenvalue weighted by atomic mass is 127. The maximum atomic E-state index is 5.98. The lowest BCUT2D eigenvalue weighted by atomic mass is 10.1. The highest BCUT2D eigenvalue weighted by Gasteiger charge is 2.07. The summed E-state index contributed by atoms with van der Waals surface area (Å²) < 4.78 is 0. The molecule has 0 saturated carbocycles. The number of halogens is 2. The summed E-state index contributed by atoms with van der Waals surface area (Å²) in [4.78, 5) is 4.57. The van der Waals surface area contributed by atoms with Crippen LogP contribution >= 0.6 is 35.6 Å². The van der Waals surface area contributed by atoms with Gasteiger partial charge in [-0.3, -0.25) is 0 Å². The first-order chi connectivity index (χ1) is 9.90. The summed E-state index contributed by atoms with van der Waals surface area (Å²) in [5.41, 5.74) is 1.24. The third-order valence-electron chi connectivity index (χ3n) is 2.73. The van der Waals surface area contributed by atoms with Crippen LogP contribution in [0, 0.1) is 0 Å². The van der Waals surface area contributed by atoms with E-state index in [4.69, 9.17) is 11.6 Å². The molecule has 0 heterocycles. The van der Waals surface area contributed by atoms with E-state index in [1.807, 2.05) is 24.3 Å². The van der Waals surface area contributed by atoms with Crippen molar-refractivity contribution in [2.45, 2.75) is 39.8 Å². The van der Waals surface area contributed by atoms with E-state index in [1.165, 1.54) is 0 Å². The average Bonchev–Trinajstić information content (AvgIpc) is 2.39. The standard InChI is InChI=1S/C16H27ClN4.HI/c1-5-18-15(19-9-10-21-16(2,3)4)20-12-13-7-6-8-14(17)11-13;/h6-8,11,21H,5,9-10,12H2,1-4H3,(H2,18,19,20);1H. The van der Waals surface area contributed by atoms with Crippen molar-refractivity contribution < 1.29 is 0 Å².